The summed E-state index contributed by atoms with van der Waals surface area (Å²) in [6.45, 7) is 3.77. The molecular weight excluding hydrogens is 538 g/mol. The van der Waals surface area contributed by atoms with E-state index in [4.69, 9.17) is 0 Å². The molecule has 0 spiro atoms. The van der Waals surface area contributed by atoms with Crippen LogP contribution in [0.25, 0.3) is 11.1 Å². The molecular formula is C29H26F2N4O4S. The number of rotatable bonds is 9. The Kier molecular flexibility index (Phi) is 8.40. The molecule has 4 rings (SSSR count). The standard InChI is InChI=1S/C29H26F2N4O4S/c1-3-5-9-25-34-28(36)26(29(37)35(25)23(4-2)20-8-6-7-18(16-20)17-32)40(38,39)21-12-10-19(11-13-21)22-14-15-24(30)33-27(22)31/h6-8,10-16,23,36H,3-5,9H2,1-2H3. The number of aryl methyl sites for hydroxylation is 1. The molecule has 0 saturated carbocycles. The Labute approximate surface area is 230 Å². The maximum absolute atomic E-state index is 14.1. The van der Waals surface area contributed by atoms with Gasteiger partial charge < -0.3 is 5.11 Å². The van der Waals surface area contributed by atoms with Gasteiger partial charge in [-0.15, -0.1) is 0 Å². The zero-order chi connectivity index (χ0) is 29.0. The van der Waals surface area contributed by atoms with Gasteiger partial charge in [-0.2, -0.15) is 24.0 Å². The lowest BCUT2D eigenvalue weighted by molar-refractivity contribution is 0.406. The van der Waals surface area contributed by atoms with Crippen LogP contribution in [-0.2, 0) is 16.3 Å². The first-order valence-electron chi connectivity index (χ1n) is 12.6. The van der Waals surface area contributed by atoms with E-state index in [2.05, 4.69) is 16.0 Å². The number of pyridine rings is 1. The van der Waals surface area contributed by atoms with E-state index in [-0.39, 0.29) is 21.8 Å². The molecule has 40 heavy (non-hydrogen) atoms. The highest BCUT2D eigenvalue weighted by atomic mass is 32.2. The predicted molar refractivity (Wildman–Crippen MR) is 143 cm³/mol. The number of aromatic nitrogens is 3. The zero-order valence-corrected chi connectivity index (χ0v) is 22.6. The second-order valence-corrected chi connectivity index (χ2v) is 11.0. The normalized spacial score (nSPS) is 12.2. The summed E-state index contributed by atoms with van der Waals surface area (Å²) < 4.78 is 56.0. The van der Waals surface area contributed by atoms with Crippen LogP contribution in [-0.4, -0.2) is 28.1 Å². The molecule has 0 radical (unpaired) electrons. The van der Waals surface area contributed by atoms with Crippen LogP contribution in [0.2, 0.25) is 0 Å². The highest BCUT2D eigenvalue weighted by Crippen LogP contribution is 2.30. The molecule has 0 amide bonds. The summed E-state index contributed by atoms with van der Waals surface area (Å²) in [6.07, 6.45) is 2.11. The molecule has 2 heterocycles. The van der Waals surface area contributed by atoms with Crippen molar-refractivity contribution in [2.45, 2.75) is 55.4 Å². The molecule has 0 aliphatic rings. The molecule has 11 heteroatoms. The first-order valence-corrected chi connectivity index (χ1v) is 14.1. The molecule has 0 fully saturated rings. The lowest BCUT2D eigenvalue weighted by Crippen LogP contribution is -2.33. The van der Waals surface area contributed by atoms with Gasteiger partial charge in [0.2, 0.25) is 27.6 Å². The van der Waals surface area contributed by atoms with E-state index in [0.29, 0.717) is 30.4 Å². The number of benzene rings is 2. The van der Waals surface area contributed by atoms with E-state index < -0.39 is 44.1 Å². The van der Waals surface area contributed by atoms with Crippen molar-refractivity contribution >= 4 is 9.84 Å². The number of nitriles is 1. The molecule has 1 N–H and O–H groups in total. The van der Waals surface area contributed by atoms with Gasteiger partial charge in [0.15, 0.2) is 4.90 Å². The molecule has 0 aliphatic carbocycles. The smallest absolute Gasteiger partial charge is 0.277 e. The SMILES string of the molecule is CCCCc1nc(O)c(S(=O)(=O)c2ccc(-c3ccc(F)nc3F)cc2)c(=O)n1C(CC)c1cccc(C#N)c1. The Morgan fingerprint density at radius 3 is 2.40 bits per heavy atom. The van der Waals surface area contributed by atoms with Crippen molar-refractivity contribution in [3.63, 3.8) is 0 Å². The largest absolute Gasteiger partial charge is 0.492 e. The minimum atomic E-state index is -4.58. The van der Waals surface area contributed by atoms with Crippen molar-refractivity contribution in [2.24, 2.45) is 0 Å². The predicted octanol–water partition coefficient (Wildman–Crippen LogP) is 5.34. The fourth-order valence-corrected chi connectivity index (χ4v) is 5.90. The van der Waals surface area contributed by atoms with Gasteiger partial charge >= 0.3 is 0 Å². The minimum absolute atomic E-state index is 0.0390. The molecule has 2 aromatic heterocycles. The van der Waals surface area contributed by atoms with Gasteiger partial charge in [-0.1, -0.05) is 44.5 Å². The van der Waals surface area contributed by atoms with Crippen molar-refractivity contribution in [2.75, 3.05) is 0 Å². The number of nitrogens with zero attached hydrogens (tertiary/aromatic N) is 4. The maximum Gasteiger partial charge on any atom is 0.277 e. The topological polar surface area (TPSA) is 126 Å². The average molecular weight is 565 g/mol. The Bertz CT molecular complexity index is 1760. The minimum Gasteiger partial charge on any atom is -0.492 e. The van der Waals surface area contributed by atoms with E-state index in [0.717, 1.165) is 24.6 Å². The number of aromatic hydroxyl groups is 1. The second-order valence-electron chi connectivity index (χ2n) is 9.12. The fourth-order valence-electron chi connectivity index (χ4n) is 4.56. The number of sulfone groups is 1. The number of hydrogen-bond acceptors (Lipinski definition) is 7. The molecule has 206 valence electrons. The van der Waals surface area contributed by atoms with Crippen molar-refractivity contribution in [1.82, 2.24) is 14.5 Å². The second kappa shape index (κ2) is 11.8. The lowest BCUT2D eigenvalue weighted by atomic mass is 10.0. The number of hydrogen-bond donors (Lipinski definition) is 1. The summed E-state index contributed by atoms with van der Waals surface area (Å²) >= 11 is 0. The van der Waals surface area contributed by atoms with Crippen molar-refractivity contribution in [1.29, 1.82) is 5.26 Å². The molecule has 0 bridgehead atoms. The van der Waals surface area contributed by atoms with Crippen molar-refractivity contribution < 1.29 is 22.3 Å². The van der Waals surface area contributed by atoms with E-state index in [1.54, 1.807) is 24.3 Å². The van der Waals surface area contributed by atoms with Crippen molar-refractivity contribution in [3.8, 4) is 23.1 Å². The quantitative estimate of drug-likeness (QED) is 0.272. The summed E-state index contributed by atoms with van der Waals surface area (Å²) in [5.74, 6) is -2.74. The Morgan fingerprint density at radius 2 is 1.77 bits per heavy atom. The summed E-state index contributed by atoms with van der Waals surface area (Å²) in [4.78, 5) is 20.0. The summed E-state index contributed by atoms with van der Waals surface area (Å²) in [6, 6.07) is 15.2. The third kappa shape index (κ3) is 5.49. The van der Waals surface area contributed by atoms with Gasteiger partial charge in [-0.25, -0.2) is 8.42 Å². The number of unbranched alkanes of at least 4 members (excludes halogenated alkanes) is 1. The lowest BCUT2D eigenvalue weighted by Gasteiger charge is -2.23. The third-order valence-electron chi connectivity index (χ3n) is 6.54. The van der Waals surface area contributed by atoms with Crippen LogP contribution in [0, 0.1) is 23.2 Å². The summed E-state index contributed by atoms with van der Waals surface area (Å²) in [5.41, 5.74) is 0.263. The monoisotopic (exact) mass is 564 g/mol. The van der Waals surface area contributed by atoms with Crippen LogP contribution >= 0.6 is 0 Å². The summed E-state index contributed by atoms with van der Waals surface area (Å²) in [5, 5.41) is 20.1. The molecule has 0 aliphatic heterocycles. The van der Waals surface area contributed by atoms with Crippen LogP contribution in [0.5, 0.6) is 5.88 Å². The zero-order valence-electron chi connectivity index (χ0n) is 21.8. The molecule has 8 nitrogen and oxygen atoms in total. The van der Waals surface area contributed by atoms with Crippen LogP contribution in [0.1, 0.15) is 56.1 Å². The van der Waals surface area contributed by atoms with E-state index in [9.17, 15) is 32.4 Å². The highest BCUT2D eigenvalue weighted by Gasteiger charge is 2.31. The van der Waals surface area contributed by atoms with Crippen LogP contribution in [0.4, 0.5) is 8.78 Å². The first-order chi connectivity index (χ1) is 19.1. The van der Waals surface area contributed by atoms with Gasteiger partial charge in [-0.3, -0.25) is 9.36 Å². The molecule has 1 atom stereocenters. The van der Waals surface area contributed by atoms with E-state index in [1.165, 1.54) is 22.8 Å². The van der Waals surface area contributed by atoms with Gasteiger partial charge in [0.1, 0.15) is 5.82 Å². The maximum atomic E-state index is 14.1. The highest BCUT2D eigenvalue weighted by molar-refractivity contribution is 7.91. The Hall–Kier alpha value is -4.43. The molecule has 4 aromatic rings. The van der Waals surface area contributed by atoms with Gasteiger partial charge in [0, 0.05) is 12.0 Å². The first kappa shape index (κ1) is 28.6. The molecule has 0 saturated heterocycles. The van der Waals surface area contributed by atoms with Gasteiger partial charge in [0.25, 0.3) is 5.56 Å². The molecule has 2 aromatic carbocycles. The Balaban J connectivity index is 1.87. The Morgan fingerprint density at radius 1 is 1.05 bits per heavy atom. The van der Waals surface area contributed by atoms with Gasteiger partial charge in [0.05, 0.1) is 22.6 Å². The summed E-state index contributed by atoms with van der Waals surface area (Å²) in [7, 11) is -4.58. The van der Waals surface area contributed by atoms with E-state index >= 15 is 0 Å². The van der Waals surface area contributed by atoms with Crippen LogP contribution in [0.15, 0.2) is 75.2 Å². The van der Waals surface area contributed by atoms with Gasteiger partial charge in [-0.05, 0) is 60.4 Å². The third-order valence-corrected chi connectivity index (χ3v) is 8.33. The fraction of sp³-hybridized carbons (Fsp3) is 0.241. The van der Waals surface area contributed by atoms with Crippen molar-refractivity contribution in [3.05, 3.63) is 99.9 Å². The van der Waals surface area contributed by atoms with Crippen LogP contribution < -0.4 is 5.56 Å². The molecule has 1 unspecified atom stereocenters. The van der Waals surface area contributed by atoms with Crippen LogP contribution in [0.3, 0.4) is 0 Å². The average Bonchev–Trinajstić information content (AvgIpc) is 2.93. The number of halogens is 2. The van der Waals surface area contributed by atoms with E-state index in [1.807, 2.05) is 13.8 Å².